The Morgan fingerprint density at radius 3 is 2.36 bits per heavy atom. The van der Waals surface area contributed by atoms with Crippen molar-refractivity contribution in [3.8, 4) is 0 Å². The number of carbonyl (C=O) groups excluding carboxylic acids is 2. The minimum absolute atomic E-state index is 0.123. The van der Waals surface area contributed by atoms with Gasteiger partial charge in [-0.25, -0.2) is 4.39 Å². The van der Waals surface area contributed by atoms with Gasteiger partial charge in [-0.2, -0.15) is 0 Å². The summed E-state index contributed by atoms with van der Waals surface area (Å²) in [5.41, 5.74) is 2.45. The predicted molar refractivity (Wildman–Crippen MR) is 82.9 cm³/mol. The zero-order valence-corrected chi connectivity index (χ0v) is 12.2. The van der Waals surface area contributed by atoms with E-state index in [1.807, 2.05) is 31.2 Å². The molecule has 0 saturated carbocycles. The highest BCUT2D eigenvalue weighted by Gasteiger charge is 2.08. The molecule has 2 aromatic rings. The first kappa shape index (κ1) is 15.7. The molecule has 114 valence electrons. The van der Waals surface area contributed by atoms with Crippen LogP contribution in [0.15, 0.2) is 48.5 Å². The summed E-state index contributed by atoms with van der Waals surface area (Å²) in [5, 5.41) is 5.14. The lowest BCUT2D eigenvalue weighted by Crippen LogP contribution is -2.33. The van der Waals surface area contributed by atoms with Crippen LogP contribution in [0.3, 0.4) is 0 Å². The summed E-state index contributed by atoms with van der Waals surface area (Å²) in [6.45, 7) is 1.81. The average Bonchev–Trinajstić information content (AvgIpc) is 2.50. The highest BCUT2D eigenvalue weighted by Crippen LogP contribution is 2.08. The van der Waals surface area contributed by atoms with E-state index in [0.717, 1.165) is 11.1 Å². The number of hydrogen-bond acceptors (Lipinski definition) is 2. The van der Waals surface area contributed by atoms with Crippen LogP contribution in [-0.2, 0) is 16.0 Å². The molecule has 2 N–H and O–H groups in total. The lowest BCUT2D eigenvalue weighted by Gasteiger charge is -2.08. The minimum Gasteiger partial charge on any atom is -0.347 e. The van der Waals surface area contributed by atoms with Crippen molar-refractivity contribution in [2.24, 2.45) is 0 Å². The van der Waals surface area contributed by atoms with Gasteiger partial charge in [0.25, 0.3) is 0 Å². The van der Waals surface area contributed by atoms with Crippen LogP contribution >= 0.6 is 0 Å². The Labute approximate surface area is 128 Å². The molecule has 0 radical (unpaired) electrons. The number of nitrogens with one attached hydrogen (secondary N) is 2. The number of rotatable bonds is 5. The molecule has 0 saturated heterocycles. The number of hydrogen-bond donors (Lipinski definition) is 2. The quantitative estimate of drug-likeness (QED) is 0.891. The topological polar surface area (TPSA) is 58.2 Å². The van der Waals surface area contributed by atoms with Crippen molar-refractivity contribution in [2.45, 2.75) is 13.3 Å². The van der Waals surface area contributed by atoms with Crippen LogP contribution in [-0.4, -0.2) is 18.4 Å². The zero-order chi connectivity index (χ0) is 15.9. The van der Waals surface area contributed by atoms with Crippen molar-refractivity contribution in [3.63, 3.8) is 0 Å². The molecular formula is C17H17FN2O2. The molecule has 4 nitrogen and oxygen atoms in total. The predicted octanol–water partition coefficient (Wildman–Crippen LogP) is 2.43. The van der Waals surface area contributed by atoms with Crippen molar-refractivity contribution < 1.29 is 14.0 Å². The Morgan fingerprint density at radius 2 is 1.68 bits per heavy atom. The Bertz CT molecular complexity index is 669. The molecule has 0 aliphatic heterocycles. The molecule has 2 amide bonds. The molecule has 0 unspecified atom stereocenters. The first-order chi connectivity index (χ1) is 10.5. The standard InChI is InChI=1S/C17H17FN2O2/c1-12-4-2-3-5-13(12)10-16(21)19-11-17(22)20-15-8-6-14(18)7-9-15/h2-9H,10-11H2,1H3,(H,19,21)(H,20,22). The van der Waals surface area contributed by atoms with Crippen LogP contribution in [0.2, 0.25) is 0 Å². The van der Waals surface area contributed by atoms with E-state index in [1.165, 1.54) is 24.3 Å². The average molecular weight is 300 g/mol. The van der Waals surface area contributed by atoms with Crippen molar-refractivity contribution in [1.29, 1.82) is 0 Å². The van der Waals surface area contributed by atoms with Gasteiger partial charge in [-0.05, 0) is 42.3 Å². The lowest BCUT2D eigenvalue weighted by molar-refractivity contribution is -0.123. The second kappa shape index (κ2) is 7.36. The van der Waals surface area contributed by atoms with Gasteiger partial charge in [0.05, 0.1) is 13.0 Å². The molecule has 0 aliphatic carbocycles. The van der Waals surface area contributed by atoms with Gasteiger partial charge in [0, 0.05) is 5.69 Å². The zero-order valence-electron chi connectivity index (χ0n) is 12.2. The van der Waals surface area contributed by atoms with Gasteiger partial charge in [0.1, 0.15) is 5.82 Å². The maximum Gasteiger partial charge on any atom is 0.243 e. The molecule has 0 heterocycles. The van der Waals surface area contributed by atoms with E-state index >= 15 is 0 Å². The van der Waals surface area contributed by atoms with Gasteiger partial charge in [-0.3, -0.25) is 9.59 Å². The summed E-state index contributed by atoms with van der Waals surface area (Å²) in [7, 11) is 0. The summed E-state index contributed by atoms with van der Waals surface area (Å²) in [5.74, 6) is -0.946. The summed E-state index contributed by atoms with van der Waals surface area (Å²) < 4.78 is 12.7. The second-order valence-corrected chi connectivity index (χ2v) is 4.94. The highest BCUT2D eigenvalue weighted by atomic mass is 19.1. The van der Waals surface area contributed by atoms with Crippen LogP contribution in [0.1, 0.15) is 11.1 Å². The maximum absolute atomic E-state index is 12.7. The fraction of sp³-hybridized carbons (Fsp3) is 0.176. The summed E-state index contributed by atoms with van der Waals surface area (Å²) in [6, 6.07) is 13.0. The van der Waals surface area contributed by atoms with Crippen molar-refractivity contribution in [3.05, 3.63) is 65.5 Å². The normalized spacial score (nSPS) is 10.1. The van der Waals surface area contributed by atoms with E-state index in [4.69, 9.17) is 0 Å². The largest absolute Gasteiger partial charge is 0.347 e. The smallest absolute Gasteiger partial charge is 0.243 e. The molecule has 0 aromatic heterocycles. The number of benzene rings is 2. The SMILES string of the molecule is Cc1ccccc1CC(=O)NCC(=O)Nc1ccc(F)cc1. The van der Waals surface area contributed by atoms with E-state index in [1.54, 1.807) is 0 Å². The Hall–Kier alpha value is -2.69. The third-order valence-electron chi connectivity index (χ3n) is 3.19. The second-order valence-electron chi connectivity index (χ2n) is 4.94. The molecule has 0 atom stereocenters. The minimum atomic E-state index is -0.371. The monoisotopic (exact) mass is 300 g/mol. The van der Waals surface area contributed by atoms with E-state index in [2.05, 4.69) is 10.6 Å². The summed E-state index contributed by atoms with van der Waals surface area (Å²) >= 11 is 0. The van der Waals surface area contributed by atoms with E-state index in [9.17, 15) is 14.0 Å². The van der Waals surface area contributed by atoms with E-state index < -0.39 is 0 Å². The Kier molecular flexibility index (Phi) is 5.25. The third kappa shape index (κ3) is 4.70. The van der Waals surface area contributed by atoms with Crippen LogP contribution in [0, 0.1) is 12.7 Å². The van der Waals surface area contributed by atoms with Gasteiger partial charge in [0.2, 0.25) is 11.8 Å². The fourth-order valence-corrected chi connectivity index (χ4v) is 1.96. The molecule has 2 rings (SSSR count). The molecule has 0 spiro atoms. The highest BCUT2D eigenvalue weighted by molar-refractivity contribution is 5.94. The summed E-state index contributed by atoms with van der Waals surface area (Å²) in [4.78, 5) is 23.5. The third-order valence-corrected chi connectivity index (χ3v) is 3.19. The van der Waals surface area contributed by atoms with Gasteiger partial charge in [0.15, 0.2) is 0 Å². The summed E-state index contributed by atoms with van der Waals surface area (Å²) in [6.07, 6.45) is 0.233. The van der Waals surface area contributed by atoms with Gasteiger partial charge < -0.3 is 10.6 Å². The van der Waals surface area contributed by atoms with Crippen LogP contribution < -0.4 is 10.6 Å². The molecule has 0 fully saturated rings. The first-order valence-corrected chi connectivity index (χ1v) is 6.91. The number of anilines is 1. The number of carbonyl (C=O) groups is 2. The lowest BCUT2D eigenvalue weighted by atomic mass is 10.1. The van der Waals surface area contributed by atoms with Gasteiger partial charge in [-0.1, -0.05) is 24.3 Å². The van der Waals surface area contributed by atoms with Crippen molar-refractivity contribution in [1.82, 2.24) is 5.32 Å². The molecule has 5 heteroatoms. The van der Waals surface area contributed by atoms with Crippen molar-refractivity contribution in [2.75, 3.05) is 11.9 Å². The van der Waals surface area contributed by atoms with Crippen molar-refractivity contribution >= 4 is 17.5 Å². The molecule has 0 bridgehead atoms. The maximum atomic E-state index is 12.7. The van der Waals surface area contributed by atoms with Crippen LogP contribution in [0.4, 0.5) is 10.1 Å². The molecule has 0 aliphatic rings. The number of amides is 2. The van der Waals surface area contributed by atoms with Crippen LogP contribution in [0.5, 0.6) is 0 Å². The first-order valence-electron chi connectivity index (χ1n) is 6.91. The Balaban J connectivity index is 1.79. The number of halogens is 1. The van der Waals surface area contributed by atoms with Crippen LogP contribution in [0.25, 0.3) is 0 Å². The van der Waals surface area contributed by atoms with Gasteiger partial charge in [-0.15, -0.1) is 0 Å². The van der Waals surface area contributed by atoms with Gasteiger partial charge >= 0.3 is 0 Å². The molecule has 22 heavy (non-hydrogen) atoms. The van der Waals surface area contributed by atoms with E-state index in [0.29, 0.717) is 5.69 Å². The fourth-order valence-electron chi connectivity index (χ4n) is 1.96. The van der Waals surface area contributed by atoms with E-state index in [-0.39, 0.29) is 30.6 Å². The molecular weight excluding hydrogens is 283 g/mol. The number of aryl methyl sites for hydroxylation is 1. The Morgan fingerprint density at radius 1 is 1.00 bits per heavy atom. The molecule has 2 aromatic carbocycles.